The summed E-state index contributed by atoms with van der Waals surface area (Å²) in [7, 11) is 3.28. The Morgan fingerprint density at radius 1 is 1.11 bits per heavy atom. The minimum Gasteiger partial charge on any atom is -0.493 e. The standard InChI is InChI=1S/C20H28N4O3/c1-14-11-19(22-13-16-5-4-10-27-16)24-20(23-14)21-9-8-15-6-7-17(25-2)18(12-15)26-3/h6-7,11-12,16H,4-5,8-10,13H2,1-3H3,(H2,21,22,23,24). The number of ether oxygens (including phenoxy) is 3. The van der Waals surface area contributed by atoms with Gasteiger partial charge in [-0.2, -0.15) is 4.98 Å². The summed E-state index contributed by atoms with van der Waals surface area (Å²) < 4.78 is 16.3. The highest BCUT2D eigenvalue weighted by Gasteiger charge is 2.15. The Labute approximate surface area is 160 Å². The molecule has 0 amide bonds. The number of aryl methyl sites for hydroxylation is 1. The molecule has 2 N–H and O–H groups in total. The SMILES string of the molecule is COc1ccc(CCNc2nc(C)cc(NCC3CCCO3)n2)cc1OC. The summed E-state index contributed by atoms with van der Waals surface area (Å²) in [6, 6.07) is 7.90. The number of nitrogens with one attached hydrogen (secondary N) is 2. The van der Waals surface area contributed by atoms with Crippen molar-refractivity contribution in [2.75, 3.05) is 44.5 Å². The summed E-state index contributed by atoms with van der Waals surface area (Å²) in [6.45, 7) is 4.34. The van der Waals surface area contributed by atoms with E-state index in [4.69, 9.17) is 14.2 Å². The molecule has 2 heterocycles. The fourth-order valence-corrected chi connectivity index (χ4v) is 3.12. The predicted octanol–water partition coefficient (Wildman–Crippen LogP) is 3.05. The first-order valence-electron chi connectivity index (χ1n) is 9.34. The first kappa shape index (κ1) is 19.2. The van der Waals surface area contributed by atoms with Gasteiger partial charge in [0.1, 0.15) is 5.82 Å². The minimum atomic E-state index is 0.279. The predicted molar refractivity (Wildman–Crippen MR) is 106 cm³/mol. The number of hydrogen-bond donors (Lipinski definition) is 2. The molecule has 2 aromatic rings. The zero-order valence-corrected chi connectivity index (χ0v) is 16.2. The molecule has 1 atom stereocenters. The van der Waals surface area contributed by atoms with Crippen LogP contribution in [0.15, 0.2) is 24.3 Å². The number of aromatic nitrogens is 2. The molecule has 0 saturated carbocycles. The second kappa shape index (κ2) is 9.41. The molecule has 27 heavy (non-hydrogen) atoms. The third kappa shape index (κ3) is 5.47. The van der Waals surface area contributed by atoms with E-state index in [2.05, 4.69) is 20.6 Å². The molecule has 1 unspecified atom stereocenters. The van der Waals surface area contributed by atoms with E-state index in [1.54, 1.807) is 14.2 Å². The van der Waals surface area contributed by atoms with E-state index in [1.165, 1.54) is 0 Å². The van der Waals surface area contributed by atoms with Gasteiger partial charge in [0, 0.05) is 31.5 Å². The van der Waals surface area contributed by atoms with E-state index in [9.17, 15) is 0 Å². The number of anilines is 2. The third-order valence-corrected chi connectivity index (χ3v) is 4.53. The largest absolute Gasteiger partial charge is 0.493 e. The Kier molecular flexibility index (Phi) is 6.70. The molecule has 1 aromatic carbocycles. The zero-order chi connectivity index (χ0) is 19.1. The molecular weight excluding hydrogens is 344 g/mol. The summed E-state index contributed by atoms with van der Waals surface area (Å²) in [5.41, 5.74) is 2.08. The van der Waals surface area contributed by atoms with E-state index in [0.717, 1.165) is 67.5 Å². The lowest BCUT2D eigenvalue weighted by molar-refractivity contribution is 0.120. The molecule has 146 valence electrons. The molecule has 0 aliphatic carbocycles. The van der Waals surface area contributed by atoms with Gasteiger partial charge in [0.25, 0.3) is 0 Å². The maximum Gasteiger partial charge on any atom is 0.224 e. The van der Waals surface area contributed by atoms with Crippen LogP contribution in [0.1, 0.15) is 24.1 Å². The van der Waals surface area contributed by atoms with Gasteiger partial charge in [-0.05, 0) is 43.9 Å². The van der Waals surface area contributed by atoms with Crippen molar-refractivity contribution in [3.8, 4) is 11.5 Å². The van der Waals surface area contributed by atoms with Crippen molar-refractivity contribution >= 4 is 11.8 Å². The van der Waals surface area contributed by atoms with Gasteiger partial charge in [-0.15, -0.1) is 0 Å². The fourth-order valence-electron chi connectivity index (χ4n) is 3.12. The summed E-state index contributed by atoms with van der Waals surface area (Å²) in [4.78, 5) is 9.02. The van der Waals surface area contributed by atoms with E-state index < -0.39 is 0 Å². The molecule has 1 aliphatic heterocycles. The van der Waals surface area contributed by atoms with E-state index in [0.29, 0.717) is 5.95 Å². The molecule has 1 aliphatic rings. The Morgan fingerprint density at radius 2 is 1.96 bits per heavy atom. The second-order valence-corrected chi connectivity index (χ2v) is 6.60. The van der Waals surface area contributed by atoms with Crippen molar-refractivity contribution in [3.05, 3.63) is 35.5 Å². The first-order chi connectivity index (χ1) is 13.2. The summed E-state index contributed by atoms with van der Waals surface area (Å²) in [6.07, 6.45) is 3.35. The van der Waals surface area contributed by atoms with Crippen molar-refractivity contribution in [1.82, 2.24) is 9.97 Å². The second-order valence-electron chi connectivity index (χ2n) is 6.60. The molecule has 3 rings (SSSR count). The van der Waals surface area contributed by atoms with Gasteiger partial charge in [-0.3, -0.25) is 0 Å². The monoisotopic (exact) mass is 372 g/mol. The van der Waals surface area contributed by atoms with Gasteiger partial charge in [-0.1, -0.05) is 6.07 Å². The van der Waals surface area contributed by atoms with Crippen LogP contribution < -0.4 is 20.1 Å². The average molecular weight is 372 g/mol. The highest BCUT2D eigenvalue weighted by molar-refractivity contribution is 5.44. The molecule has 7 heteroatoms. The number of hydrogen-bond acceptors (Lipinski definition) is 7. The highest BCUT2D eigenvalue weighted by atomic mass is 16.5. The number of benzene rings is 1. The molecule has 0 bridgehead atoms. The van der Waals surface area contributed by atoms with Crippen molar-refractivity contribution in [1.29, 1.82) is 0 Å². The Hall–Kier alpha value is -2.54. The van der Waals surface area contributed by atoms with Crippen LogP contribution in [0.5, 0.6) is 11.5 Å². The average Bonchev–Trinajstić information content (AvgIpc) is 3.19. The Morgan fingerprint density at radius 3 is 2.70 bits per heavy atom. The third-order valence-electron chi connectivity index (χ3n) is 4.53. The quantitative estimate of drug-likeness (QED) is 0.700. The van der Waals surface area contributed by atoms with Crippen molar-refractivity contribution in [2.24, 2.45) is 0 Å². The maximum absolute atomic E-state index is 5.64. The fraction of sp³-hybridized carbons (Fsp3) is 0.500. The first-order valence-corrected chi connectivity index (χ1v) is 9.34. The van der Waals surface area contributed by atoms with Gasteiger partial charge in [0.05, 0.1) is 20.3 Å². The van der Waals surface area contributed by atoms with Crippen LogP contribution in [0.4, 0.5) is 11.8 Å². The van der Waals surface area contributed by atoms with Gasteiger partial charge < -0.3 is 24.8 Å². The lowest BCUT2D eigenvalue weighted by Gasteiger charge is -2.13. The van der Waals surface area contributed by atoms with Crippen molar-refractivity contribution in [2.45, 2.75) is 32.3 Å². The van der Waals surface area contributed by atoms with E-state index in [-0.39, 0.29) is 6.10 Å². The topological polar surface area (TPSA) is 77.5 Å². The number of methoxy groups -OCH3 is 2. The molecular formula is C20H28N4O3. The van der Waals surface area contributed by atoms with Crippen LogP contribution in [0.3, 0.4) is 0 Å². The lowest BCUT2D eigenvalue weighted by atomic mass is 10.1. The summed E-state index contributed by atoms with van der Waals surface area (Å²) in [5, 5.41) is 6.66. The van der Waals surface area contributed by atoms with Crippen LogP contribution in [0, 0.1) is 6.92 Å². The van der Waals surface area contributed by atoms with Crippen molar-refractivity contribution < 1.29 is 14.2 Å². The van der Waals surface area contributed by atoms with Crippen LogP contribution in [0.25, 0.3) is 0 Å². The molecule has 0 radical (unpaired) electrons. The minimum absolute atomic E-state index is 0.279. The van der Waals surface area contributed by atoms with E-state index >= 15 is 0 Å². The van der Waals surface area contributed by atoms with Crippen LogP contribution in [0.2, 0.25) is 0 Å². The maximum atomic E-state index is 5.64. The van der Waals surface area contributed by atoms with Crippen LogP contribution in [-0.4, -0.2) is 50.0 Å². The van der Waals surface area contributed by atoms with Gasteiger partial charge in [-0.25, -0.2) is 4.98 Å². The molecule has 0 spiro atoms. The number of nitrogens with zero attached hydrogens (tertiary/aromatic N) is 2. The van der Waals surface area contributed by atoms with Crippen LogP contribution >= 0.6 is 0 Å². The van der Waals surface area contributed by atoms with Gasteiger partial charge in [0.15, 0.2) is 11.5 Å². The van der Waals surface area contributed by atoms with Gasteiger partial charge in [0.2, 0.25) is 5.95 Å². The van der Waals surface area contributed by atoms with E-state index in [1.807, 2.05) is 31.2 Å². The normalized spacial score (nSPS) is 16.2. The highest BCUT2D eigenvalue weighted by Crippen LogP contribution is 2.27. The molecule has 1 saturated heterocycles. The van der Waals surface area contributed by atoms with Gasteiger partial charge >= 0.3 is 0 Å². The zero-order valence-electron chi connectivity index (χ0n) is 16.2. The van der Waals surface area contributed by atoms with Crippen molar-refractivity contribution in [3.63, 3.8) is 0 Å². The molecule has 7 nitrogen and oxygen atoms in total. The summed E-state index contributed by atoms with van der Waals surface area (Å²) in [5.74, 6) is 2.93. The molecule has 1 fully saturated rings. The number of rotatable bonds is 9. The summed E-state index contributed by atoms with van der Waals surface area (Å²) >= 11 is 0. The molecule has 1 aromatic heterocycles. The Bertz CT molecular complexity index is 748. The smallest absolute Gasteiger partial charge is 0.224 e. The lowest BCUT2D eigenvalue weighted by Crippen LogP contribution is -2.19. The van der Waals surface area contributed by atoms with Crippen LogP contribution in [-0.2, 0) is 11.2 Å². The Balaban J connectivity index is 1.54.